The van der Waals surface area contributed by atoms with Gasteiger partial charge in [0.2, 0.25) is 0 Å². The van der Waals surface area contributed by atoms with Crippen molar-refractivity contribution in [2.24, 2.45) is 5.73 Å². The highest BCUT2D eigenvalue weighted by atomic mass is 19.4. The van der Waals surface area contributed by atoms with Crippen LogP contribution >= 0.6 is 0 Å². The fourth-order valence-electron chi connectivity index (χ4n) is 3.20. The lowest BCUT2D eigenvalue weighted by atomic mass is 9.95. The first-order valence-electron chi connectivity index (χ1n) is 9.07. The van der Waals surface area contributed by atoms with E-state index in [0.717, 1.165) is 28.3 Å². The summed E-state index contributed by atoms with van der Waals surface area (Å²) in [5.41, 5.74) is 10.0. The number of halogens is 3. The molecule has 1 atom stereocenters. The van der Waals surface area contributed by atoms with Crippen molar-refractivity contribution >= 4 is 12.2 Å². The monoisotopic (exact) mass is 381 g/mol. The van der Waals surface area contributed by atoms with Gasteiger partial charge in [-0.3, -0.25) is 0 Å². The van der Waals surface area contributed by atoms with E-state index in [9.17, 15) is 13.2 Å². The Labute approximate surface area is 163 Å². The summed E-state index contributed by atoms with van der Waals surface area (Å²) in [7, 11) is 0. The molecule has 0 saturated heterocycles. The zero-order valence-electron chi connectivity index (χ0n) is 15.8. The molecule has 0 spiro atoms. The zero-order chi connectivity index (χ0) is 20.3. The summed E-state index contributed by atoms with van der Waals surface area (Å²) >= 11 is 0. The van der Waals surface area contributed by atoms with Gasteiger partial charge in [-0.05, 0) is 59.4 Å². The lowest BCUT2D eigenvalue weighted by molar-refractivity contribution is -0.137. The number of alkyl halides is 3. The first-order chi connectivity index (χ1) is 13.3. The van der Waals surface area contributed by atoms with Crippen LogP contribution in [0.3, 0.4) is 0 Å². The fourth-order valence-corrected chi connectivity index (χ4v) is 3.20. The summed E-state index contributed by atoms with van der Waals surface area (Å²) in [5, 5.41) is 0. The average Bonchev–Trinajstić information content (AvgIpc) is 2.67. The molecule has 144 valence electrons. The minimum absolute atomic E-state index is 0.117. The first-order valence-corrected chi connectivity index (χ1v) is 9.07. The van der Waals surface area contributed by atoms with E-state index >= 15 is 0 Å². The molecular formula is C24H22F3N. The number of hydrogen-bond donors (Lipinski definition) is 1. The van der Waals surface area contributed by atoms with Gasteiger partial charge in [-0.1, -0.05) is 66.7 Å². The predicted molar refractivity (Wildman–Crippen MR) is 110 cm³/mol. The second kappa shape index (κ2) is 8.03. The van der Waals surface area contributed by atoms with E-state index < -0.39 is 11.7 Å². The summed E-state index contributed by atoms with van der Waals surface area (Å²) in [4.78, 5) is 0. The SMILES string of the molecule is Cc1c(/C=C/c2cc(C(C)N)ccc2C(F)(F)F)cccc1-c1ccccc1. The van der Waals surface area contributed by atoms with Crippen molar-refractivity contribution in [1.82, 2.24) is 0 Å². The van der Waals surface area contributed by atoms with Gasteiger partial charge in [-0.25, -0.2) is 0 Å². The number of nitrogens with two attached hydrogens (primary N) is 1. The Morgan fingerprint density at radius 3 is 2.18 bits per heavy atom. The van der Waals surface area contributed by atoms with Gasteiger partial charge in [0.1, 0.15) is 0 Å². The second-order valence-corrected chi connectivity index (χ2v) is 6.85. The van der Waals surface area contributed by atoms with Crippen molar-refractivity contribution in [3.63, 3.8) is 0 Å². The summed E-state index contributed by atoms with van der Waals surface area (Å²) in [6.07, 6.45) is -1.17. The minimum atomic E-state index is -4.42. The number of rotatable bonds is 4. The van der Waals surface area contributed by atoms with Crippen LogP contribution in [-0.4, -0.2) is 0 Å². The highest BCUT2D eigenvalue weighted by Crippen LogP contribution is 2.34. The van der Waals surface area contributed by atoms with Crippen molar-refractivity contribution in [2.45, 2.75) is 26.1 Å². The zero-order valence-corrected chi connectivity index (χ0v) is 15.8. The smallest absolute Gasteiger partial charge is 0.324 e. The van der Waals surface area contributed by atoms with Crippen LogP contribution < -0.4 is 5.73 Å². The Hall–Kier alpha value is -2.85. The van der Waals surface area contributed by atoms with E-state index in [0.29, 0.717) is 5.56 Å². The van der Waals surface area contributed by atoms with Crippen LogP contribution in [0, 0.1) is 6.92 Å². The van der Waals surface area contributed by atoms with Crippen LogP contribution in [-0.2, 0) is 6.18 Å². The van der Waals surface area contributed by atoms with Crippen LogP contribution in [0.1, 0.15) is 40.8 Å². The van der Waals surface area contributed by atoms with Crippen LogP contribution in [0.25, 0.3) is 23.3 Å². The van der Waals surface area contributed by atoms with Gasteiger partial charge in [-0.15, -0.1) is 0 Å². The van der Waals surface area contributed by atoms with Crippen molar-refractivity contribution in [1.29, 1.82) is 0 Å². The third-order valence-corrected chi connectivity index (χ3v) is 4.81. The normalized spacial score (nSPS) is 13.1. The van der Waals surface area contributed by atoms with E-state index in [4.69, 9.17) is 5.73 Å². The van der Waals surface area contributed by atoms with Crippen molar-refractivity contribution in [2.75, 3.05) is 0 Å². The molecule has 0 saturated carbocycles. The topological polar surface area (TPSA) is 26.0 Å². The summed E-state index contributed by atoms with van der Waals surface area (Å²) in [6, 6.07) is 19.5. The van der Waals surface area contributed by atoms with Crippen LogP contribution in [0.2, 0.25) is 0 Å². The van der Waals surface area contributed by atoms with Gasteiger partial charge in [0.05, 0.1) is 5.56 Å². The van der Waals surface area contributed by atoms with E-state index in [-0.39, 0.29) is 11.6 Å². The molecule has 0 aliphatic carbocycles. The highest BCUT2D eigenvalue weighted by Gasteiger charge is 2.32. The summed E-state index contributed by atoms with van der Waals surface area (Å²) in [6.45, 7) is 3.73. The van der Waals surface area contributed by atoms with Gasteiger partial charge in [0, 0.05) is 6.04 Å². The summed E-state index contributed by atoms with van der Waals surface area (Å²) in [5.74, 6) is 0. The number of hydrogen-bond acceptors (Lipinski definition) is 1. The van der Waals surface area contributed by atoms with Crippen molar-refractivity contribution in [3.8, 4) is 11.1 Å². The number of benzene rings is 3. The predicted octanol–water partition coefficient (Wildman–Crippen LogP) is 6.87. The largest absolute Gasteiger partial charge is 0.416 e. The van der Waals surface area contributed by atoms with Gasteiger partial charge < -0.3 is 5.73 Å². The molecule has 3 aromatic rings. The molecule has 0 aromatic heterocycles. The molecule has 1 nitrogen and oxygen atoms in total. The molecule has 3 aromatic carbocycles. The van der Waals surface area contributed by atoms with E-state index in [2.05, 4.69) is 0 Å². The van der Waals surface area contributed by atoms with Crippen molar-refractivity contribution < 1.29 is 13.2 Å². The maximum atomic E-state index is 13.4. The molecule has 0 radical (unpaired) electrons. The minimum Gasteiger partial charge on any atom is -0.324 e. The third kappa shape index (κ3) is 4.34. The van der Waals surface area contributed by atoms with E-state index in [1.807, 2.05) is 55.5 Å². The van der Waals surface area contributed by atoms with Gasteiger partial charge >= 0.3 is 6.18 Å². The van der Waals surface area contributed by atoms with Crippen LogP contribution in [0.5, 0.6) is 0 Å². The highest BCUT2D eigenvalue weighted by molar-refractivity contribution is 5.78. The Morgan fingerprint density at radius 2 is 1.54 bits per heavy atom. The van der Waals surface area contributed by atoms with E-state index in [1.54, 1.807) is 13.0 Å². The van der Waals surface area contributed by atoms with Crippen LogP contribution in [0.4, 0.5) is 13.2 Å². The molecule has 1 unspecified atom stereocenters. The maximum absolute atomic E-state index is 13.4. The standard InChI is InChI=1S/C24H22F3N/c1-16-18(9-6-10-22(16)19-7-4-3-5-8-19)11-12-21-15-20(17(2)28)13-14-23(21)24(25,26)27/h3-15,17H,28H2,1-2H3/b12-11+. The third-order valence-electron chi connectivity index (χ3n) is 4.81. The molecule has 28 heavy (non-hydrogen) atoms. The molecule has 0 fully saturated rings. The Balaban J connectivity index is 2.04. The summed E-state index contributed by atoms with van der Waals surface area (Å²) < 4.78 is 40.2. The molecular weight excluding hydrogens is 359 g/mol. The molecule has 0 aliphatic rings. The second-order valence-electron chi connectivity index (χ2n) is 6.85. The lowest BCUT2D eigenvalue weighted by Crippen LogP contribution is -2.10. The van der Waals surface area contributed by atoms with Gasteiger partial charge in [0.25, 0.3) is 0 Å². The molecule has 4 heteroatoms. The van der Waals surface area contributed by atoms with Gasteiger partial charge in [0.15, 0.2) is 0 Å². The Bertz CT molecular complexity index is 986. The Kier molecular flexibility index (Phi) is 5.71. The quantitative estimate of drug-likeness (QED) is 0.490. The molecule has 0 aliphatic heterocycles. The molecule has 0 bridgehead atoms. The molecule has 3 rings (SSSR count). The van der Waals surface area contributed by atoms with Crippen LogP contribution in [0.15, 0.2) is 66.7 Å². The van der Waals surface area contributed by atoms with E-state index in [1.165, 1.54) is 18.2 Å². The molecule has 2 N–H and O–H groups in total. The fraction of sp³-hybridized carbons (Fsp3) is 0.167. The molecule has 0 amide bonds. The average molecular weight is 381 g/mol. The Morgan fingerprint density at radius 1 is 0.857 bits per heavy atom. The lowest BCUT2D eigenvalue weighted by Gasteiger charge is -2.14. The maximum Gasteiger partial charge on any atom is 0.416 e. The van der Waals surface area contributed by atoms with Gasteiger partial charge in [-0.2, -0.15) is 13.2 Å². The molecule has 0 heterocycles. The first kappa shape index (κ1) is 19.9. The van der Waals surface area contributed by atoms with Crippen molar-refractivity contribution in [3.05, 3.63) is 94.5 Å².